The molecule has 0 saturated carbocycles. The first kappa shape index (κ1) is 22.0. The number of thioether (sulfide) groups is 1. The molecule has 30 heavy (non-hydrogen) atoms. The zero-order valence-electron chi connectivity index (χ0n) is 17.6. The molecule has 2 N–H and O–H groups in total. The van der Waals surface area contributed by atoms with Gasteiger partial charge in [-0.1, -0.05) is 58.5 Å². The normalized spacial score (nSPS) is 11.8. The summed E-state index contributed by atoms with van der Waals surface area (Å²) >= 11 is 2.56. The lowest BCUT2D eigenvalue weighted by Gasteiger charge is -2.15. The Morgan fingerprint density at radius 2 is 1.67 bits per heavy atom. The Balaban J connectivity index is 1.61. The van der Waals surface area contributed by atoms with Crippen molar-refractivity contribution in [1.82, 2.24) is 10.2 Å². The van der Waals surface area contributed by atoms with Crippen molar-refractivity contribution < 1.29 is 9.59 Å². The smallest absolute Gasteiger partial charge is 0.257 e. The molecule has 2 aromatic carbocycles. The van der Waals surface area contributed by atoms with Gasteiger partial charge in [-0.2, -0.15) is 0 Å². The first-order valence-electron chi connectivity index (χ1n) is 9.50. The number of anilines is 2. The molecule has 3 rings (SSSR count). The minimum Gasteiger partial charge on any atom is -0.325 e. The van der Waals surface area contributed by atoms with Gasteiger partial charge in [0.15, 0.2) is 4.34 Å². The van der Waals surface area contributed by atoms with Crippen LogP contribution in [-0.2, 0) is 4.79 Å². The molecule has 0 aliphatic rings. The summed E-state index contributed by atoms with van der Waals surface area (Å²) in [7, 11) is 0. The molecule has 0 saturated heterocycles. The number of aromatic nitrogens is 2. The van der Waals surface area contributed by atoms with Gasteiger partial charge in [-0.25, -0.2) is 0 Å². The molecule has 1 atom stereocenters. The molecule has 6 nitrogen and oxygen atoms in total. The number of carbonyl (C=O) groups is 2. The summed E-state index contributed by atoms with van der Waals surface area (Å²) in [6.07, 6.45) is 0. The molecule has 1 heterocycles. The molecule has 2 amide bonds. The van der Waals surface area contributed by atoms with Crippen LogP contribution in [-0.4, -0.2) is 27.3 Å². The van der Waals surface area contributed by atoms with E-state index in [0.29, 0.717) is 15.0 Å². The number of amides is 2. The van der Waals surface area contributed by atoms with Crippen molar-refractivity contribution in [2.45, 2.75) is 44.2 Å². The molecule has 1 aromatic heterocycles. The Bertz CT molecular complexity index is 1070. The van der Waals surface area contributed by atoms with E-state index in [1.165, 1.54) is 28.7 Å². The fraction of sp³-hybridized carbons (Fsp3) is 0.273. The minimum absolute atomic E-state index is 0.101. The number of carbonyl (C=O) groups excluding carboxylic acids is 2. The molecule has 0 fully saturated rings. The van der Waals surface area contributed by atoms with Crippen LogP contribution in [0.4, 0.5) is 10.8 Å². The summed E-state index contributed by atoms with van der Waals surface area (Å²) in [6, 6.07) is 11.4. The lowest BCUT2D eigenvalue weighted by molar-refractivity contribution is -0.115. The van der Waals surface area contributed by atoms with Crippen LogP contribution >= 0.6 is 23.1 Å². The SMILES string of the molecule is Cc1cccc(C(=O)Nc2nnc(S[C@@H](C)C(=O)Nc3c(C)cc(C)cc3C)s2)c1. The van der Waals surface area contributed by atoms with Crippen LogP contribution in [0.5, 0.6) is 0 Å². The number of nitrogens with zero attached hydrogens (tertiary/aromatic N) is 2. The third-order valence-electron chi connectivity index (χ3n) is 4.48. The van der Waals surface area contributed by atoms with Crippen LogP contribution in [0, 0.1) is 27.7 Å². The number of nitrogens with one attached hydrogen (secondary N) is 2. The maximum Gasteiger partial charge on any atom is 0.257 e. The van der Waals surface area contributed by atoms with Crippen LogP contribution in [0.2, 0.25) is 0 Å². The predicted octanol–water partition coefficient (Wildman–Crippen LogP) is 5.14. The molecular formula is C22H24N4O2S2. The molecule has 0 bridgehead atoms. The number of aryl methyl sites for hydroxylation is 4. The molecule has 0 aliphatic heterocycles. The monoisotopic (exact) mass is 440 g/mol. The highest BCUT2D eigenvalue weighted by Crippen LogP contribution is 2.30. The van der Waals surface area contributed by atoms with Crippen LogP contribution < -0.4 is 10.6 Å². The van der Waals surface area contributed by atoms with Crippen molar-refractivity contribution in [2.24, 2.45) is 0 Å². The summed E-state index contributed by atoms with van der Waals surface area (Å²) in [4.78, 5) is 25.0. The second kappa shape index (κ2) is 9.40. The van der Waals surface area contributed by atoms with Gasteiger partial charge in [0.1, 0.15) is 0 Å². The lowest BCUT2D eigenvalue weighted by Crippen LogP contribution is -2.23. The van der Waals surface area contributed by atoms with Crippen molar-refractivity contribution in [3.05, 3.63) is 64.2 Å². The Morgan fingerprint density at radius 1 is 0.967 bits per heavy atom. The van der Waals surface area contributed by atoms with Crippen molar-refractivity contribution in [1.29, 1.82) is 0 Å². The van der Waals surface area contributed by atoms with Gasteiger partial charge in [0, 0.05) is 11.3 Å². The molecule has 8 heteroatoms. The van der Waals surface area contributed by atoms with Gasteiger partial charge in [-0.3, -0.25) is 14.9 Å². The van der Waals surface area contributed by atoms with Gasteiger partial charge < -0.3 is 5.32 Å². The first-order chi connectivity index (χ1) is 14.2. The van der Waals surface area contributed by atoms with E-state index >= 15 is 0 Å². The molecule has 156 valence electrons. The van der Waals surface area contributed by atoms with Crippen molar-refractivity contribution in [3.63, 3.8) is 0 Å². The van der Waals surface area contributed by atoms with E-state index in [1.807, 2.05) is 65.0 Å². The molecule has 0 unspecified atom stereocenters. The number of benzene rings is 2. The number of hydrogen-bond acceptors (Lipinski definition) is 6. The quantitative estimate of drug-likeness (QED) is 0.409. The van der Waals surface area contributed by atoms with Crippen LogP contribution in [0.3, 0.4) is 0 Å². The number of hydrogen-bond donors (Lipinski definition) is 2. The van der Waals surface area contributed by atoms with Crippen LogP contribution in [0.25, 0.3) is 0 Å². The maximum atomic E-state index is 12.7. The minimum atomic E-state index is -0.363. The summed E-state index contributed by atoms with van der Waals surface area (Å²) in [5, 5.41) is 13.9. The highest BCUT2D eigenvalue weighted by atomic mass is 32.2. The Kier molecular flexibility index (Phi) is 6.89. The van der Waals surface area contributed by atoms with Gasteiger partial charge in [0.05, 0.1) is 5.25 Å². The molecule has 0 aliphatic carbocycles. The fourth-order valence-corrected chi connectivity index (χ4v) is 4.96. The summed E-state index contributed by atoms with van der Waals surface area (Å²) in [5.74, 6) is -0.335. The van der Waals surface area contributed by atoms with Gasteiger partial charge in [0.25, 0.3) is 5.91 Å². The third-order valence-corrected chi connectivity index (χ3v) is 6.50. The maximum absolute atomic E-state index is 12.7. The Labute approximate surface area is 184 Å². The highest BCUT2D eigenvalue weighted by Gasteiger charge is 2.19. The van der Waals surface area contributed by atoms with E-state index in [0.717, 1.165) is 22.4 Å². The van der Waals surface area contributed by atoms with Crippen LogP contribution in [0.15, 0.2) is 40.7 Å². The van der Waals surface area contributed by atoms with Crippen LogP contribution in [0.1, 0.15) is 39.5 Å². The highest BCUT2D eigenvalue weighted by molar-refractivity contribution is 8.02. The van der Waals surface area contributed by atoms with Crippen molar-refractivity contribution in [3.8, 4) is 0 Å². The van der Waals surface area contributed by atoms with Gasteiger partial charge >= 0.3 is 0 Å². The van der Waals surface area contributed by atoms with E-state index in [2.05, 4.69) is 20.8 Å². The topological polar surface area (TPSA) is 84.0 Å². The van der Waals surface area contributed by atoms with Gasteiger partial charge in [-0.05, 0) is 57.9 Å². The van der Waals surface area contributed by atoms with Crippen molar-refractivity contribution in [2.75, 3.05) is 10.6 Å². The molecule has 3 aromatic rings. The van der Waals surface area contributed by atoms with E-state index in [1.54, 1.807) is 6.07 Å². The first-order valence-corrected chi connectivity index (χ1v) is 11.2. The Hall–Kier alpha value is -2.71. The van der Waals surface area contributed by atoms with E-state index < -0.39 is 0 Å². The summed E-state index contributed by atoms with van der Waals surface area (Å²) in [6.45, 7) is 9.77. The third kappa shape index (κ3) is 5.46. The second-order valence-corrected chi connectivity index (χ2v) is 9.79. The van der Waals surface area contributed by atoms with E-state index in [4.69, 9.17) is 0 Å². The fourth-order valence-electron chi connectivity index (χ4n) is 3.07. The average Bonchev–Trinajstić information content (AvgIpc) is 3.11. The Morgan fingerprint density at radius 3 is 2.33 bits per heavy atom. The molecule has 0 radical (unpaired) electrons. The molecule has 0 spiro atoms. The van der Waals surface area contributed by atoms with E-state index in [-0.39, 0.29) is 17.1 Å². The zero-order valence-corrected chi connectivity index (χ0v) is 19.2. The zero-order chi connectivity index (χ0) is 21.8. The summed E-state index contributed by atoms with van der Waals surface area (Å²) < 4.78 is 0.620. The second-order valence-electron chi connectivity index (χ2n) is 7.22. The van der Waals surface area contributed by atoms with Crippen molar-refractivity contribution >= 4 is 45.7 Å². The molecular weight excluding hydrogens is 416 g/mol. The average molecular weight is 441 g/mol. The number of rotatable bonds is 6. The van der Waals surface area contributed by atoms with Gasteiger partial charge in [-0.15, -0.1) is 10.2 Å². The largest absolute Gasteiger partial charge is 0.325 e. The van der Waals surface area contributed by atoms with E-state index in [9.17, 15) is 9.59 Å². The standard InChI is InChI=1S/C22H24N4O2S2/c1-12-7-6-8-17(11-12)20(28)24-21-25-26-22(30-21)29-16(5)19(27)23-18-14(3)9-13(2)10-15(18)4/h6-11,16H,1-5H3,(H,23,27)(H,24,25,28)/t16-/m0/s1. The predicted molar refractivity (Wildman–Crippen MR) is 124 cm³/mol. The van der Waals surface area contributed by atoms with Gasteiger partial charge in [0.2, 0.25) is 11.0 Å². The summed E-state index contributed by atoms with van der Waals surface area (Å²) in [5.41, 5.74) is 5.66. The lowest BCUT2D eigenvalue weighted by atomic mass is 10.1.